The second-order valence-electron chi connectivity index (χ2n) is 5.54. The third-order valence-electron chi connectivity index (χ3n) is 4.05. The molecule has 5 heteroatoms. The van der Waals surface area contributed by atoms with Crippen molar-refractivity contribution in [2.45, 2.75) is 38.3 Å². The molecule has 0 spiro atoms. The zero-order valence-corrected chi connectivity index (χ0v) is 12.4. The second-order valence-corrected chi connectivity index (χ2v) is 5.54. The summed E-state index contributed by atoms with van der Waals surface area (Å²) in [5, 5.41) is 11.9. The molecule has 1 amide bonds. The van der Waals surface area contributed by atoms with Crippen molar-refractivity contribution in [2.75, 3.05) is 25.0 Å². The predicted octanol–water partition coefficient (Wildman–Crippen LogP) is 1.32. The van der Waals surface area contributed by atoms with Crippen molar-refractivity contribution < 1.29 is 9.90 Å². The molecular formula is C16H25N3O2. The van der Waals surface area contributed by atoms with Gasteiger partial charge in [0, 0.05) is 31.4 Å². The SMILES string of the molecule is NCc1ccccc1NC(=O)CN(CCCO)C1CCC1. The molecule has 4 N–H and O–H groups in total. The molecule has 0 heterocycles. The fourth-order valence-electron chi connectivity index (χ4n) is 2.61. The van der Waals surface area contributed by atoms with Gasteiger partial charge >= 0.3 is 0 Å². The summed E-state index contributed by atoms with van der Waals surface area (Å²) < 4.78 is 0. The highest BCUT2D eigenvalue weighted by Crippen LogP contribution is 2.25. The van der Waals surface area contributed by atoms with E-state index in [0.29, 0.717) is 25.6 Å². The zero-order valence-electron chi connectivity index (χ0n) is 12.4. The largest absolute Gasteiger partial charge is 0.396 e. The van der Waals surface area contributed by atoms with Crippen LogP contribution in [-0.4, -0.2) is 41.7 Å². The monoisotopic (exact) mass is 291 g/mol. The summed E-state index contributed by atoms with van der Waals surface area (Å²) in [5.74, 6) is -0.0132. The number of rotatable bonds is 8. The first-order chi connectivity index (χ1) is 10.2. The van der Waals surface area contributed by atoms with Gasteiger partial charge in [0.2, 0.25) is 5.91 Å². The zero-order chi connectivity index (χ0) is 15.1. The van der Waals surface area contributed by atoms with Crippen LogP contribution in [0.15, 0.2) is 24.3 Å². The van der Waals surface area contributed by atoms with E-state index in [1.807, 2.05) is 24.3 Å². The quantitative estimate of drug-likeness (QED) is 0.675. The van der Waals surface area contributed by atoms with Crippen LogP contribution in [0.1, 0.15) is 31.2 Å². The summed E-state index contributed by atoms with van der Waals surface area (Å²) >= 11 is 0. The van der Waals surface area contributed by atoms with Crippen molar-refractivity contribution in [1.29, 1.82) is 0 Å². The van der Waals surface area contributed by atoms with Crippen LogP contribution in [0.4, 0.5) is 5.69 Å². The van der Waals surface area contributed by atoms with E-state index in [0.717, 1.165) is 30.6 Å². The van der Waals surface area contributed by atoms with Gasteiger partial charge in [-0.05, 0) is 30.9 Å². The van der Waals surface area contributed by atoms with Gasteiger partial charge in [-0.2, -0.15) is 0 Å². The van der Waals surface area contributed by atoms with Gasteiger partial charge in [0.1, 0.15) is 0 Å². The molecule has 21 heavy (non-hydrogen) atoms. The number of carbonyl (C=O) groups excluding carboxylic acids is 1. The fraction of sp³-hybridized carbons (Fsp3) is 0.562. The minimum absolute atomic E-state index is 0.0132. The van der Waals surface area contributed by atoms with Crippen molar-refractivity contribution in [1.82, 2.24) is 4.90 Å². The van der Waals surface area contributed by atoms with E-state index in [4.69, 9.17) is 10.8 Å². The highest BCUT2D eigenvalue weighted by Gasteiger charge is 2.26. The molecule has 1 aromatic rings. The van der Waals surface area contributed by atoms with Gasteiger partial charge in [-0.1, -0.05) is 24.6 Å². The van der Waals surface area contributed by atoms with E-state index in [1.54, 1.807) is 0 Å². The van der Waals surface area contributed by atoms with Crippen molar-refractivity contribution in [2.24, 2.45) is 5.73 Å². The maximum atomic E-state index is 12.2. The van der Waals surface area contributed by atoms with E-state index in [2.05, 4.69) is 10.2 Å². The van der Waals surface area contributed by atoms with Crippen LogP contribution in [0.2, 0.25) is 0 Å². The Morgan fingerprint density at radius 1 is 1.38 bits per heavy atom. The molecule has 1 aliphatic rings. The highest BCUT2D eigenvalue weighted by atomic mass is 16.3. The number of hydrogen-bond donors (Lipinski definition) is 3. The number of para-hydroxylation sites is 1. The summed E-state index contributed by atoms with van der Waals surface area (Å²) in [6, 6.07) is 8.10. The Bertz CT molecular complexity index is 461. The van der Waals surface area contributed by atoms with Crippen LogP contribution in [0.25, 0.3) is 0 Å². The van der Waals surface area contributed by atoms with E-state index in [9.17, 15) is 4.79 Å². The number of amides is 1. The number of carbonyl (C=O) groups is 1. The number of hydrogen-bond acceptors (Lipinski definition) is 4. The van der Waals surface area contributed by atoms with Gasteiger partial charge in [0.05, 0.1) is 6.54 Å². The topological polar surface area (TPSA) is 78.6 Å². The number of anilines is 1. The van der Waals surface area contributed by atoms with E-state index >= 15 is 0 Å². The fourth-order valence-corrected chi connectivity index (χ4v) is 2.61. The second kappa shape index (κ2) is 8.12. The summed E-state index contributed by atoms with van der Waals surface area (Å²) in [7, 11) is 0. The number of nitrogens with zero attached hydrogens (tertiary/aromatic N) is 1. The Morgan fingerprint density at radius 3 is 2.76 bits per heavy atom. The maximum absolute atomic E-state index is 12.2. The standard InChI is InChI=1S/C16H25N3O2/c17-11-13-5-1-2-8-15(13)18-16(21)12-19(9-4-10-20)14-6-3-7-14/h1-2,5,8,14,20H,3-4,6-7,9-12,17H2,(H,18,21). The molecule has 1 fully saturated rings. The van der Waals surface area contributed by atoms with Crippen LogP contribution < -0.4 is 11.1 Å². The average molecular weight is 291 g/mol. The predicted molar refractivity (Wildman–Crippen MR) is 83.9 cm³/mol. The lowest BCUT2D eigenvalue weighted by Crippen LogP contribution is -2.45. The van der Waals surface area contributed by atoms with Gasteiger partial charge in [-0.15, -0.1) is 0 Å². The van der Waals surface area contributed by atoms with Crippen LogP contribution >= 0.6 is 0 Å². The van der Waals surface area contributed by atoms with E-state index < -0.39 is 0 Å². The Morgan fingerprint density at radius 2 is 2.14 bits per heavy atom. The smallest absolute Gasteiger partial charge is 0.238 e. The summed E-state index contributed by atoms with van der Waals surface area (Å²) in [6.45, 7) is 1.73. The first kappa shape index (κ1) is 15.9. The van der Waals surface area contributed by atoms with E-state index in [1.165, 1.54) is 6.42 Å². The number of nitrogens with two attached hydrogens (primary N) is 1. The molecule has 116 valence electrons. The summed E-state index contributed by atoms with van der Waals surface area (Å²) in [4.78, 5) is 14.4. The molecule has 2 rings (SSSR count). The van der Waals surface area contributed by atoms with Gasteiger partial charge in [0.15, 0.2) is 0 Å². The maximum Gasteiger partial charge on any atom is 0.238 e. The first-order valence-electron chi connectivity index (χ1n) is 7.67. The number of aliphatic hydroxyl groups is 1. The number of nitrogens with one attached hydrogen (secondary N) is 1. The number of aliphatic hydroxyl groups excluding tert-OH is 1. The lowest BCUT2D eigenvalue weighted by atomic mass is 9.91. The first-order valence-corrected chi connectivity index (χ1v) is 7.67. The van der Waals surface area contributed by atoms with Crippen molar-refractivity contribution in [3.63, 3.8) is 0 Å². The lowest BCUT2D eigenvalue weighted by molar-refractivity contribution is -0.118. The van der Waals surface area contributed by atoms with Crippen LogP contribution in [-0.2, 0) is 11.3 Å². The van der Waals surface area contributed by atoms with Gasteiger partial charge in [-0.25, -0.2) is 0 Å². The highest BCUT2D eigenvalue weighted by molar-refractivity contribution is 5.93. The Kier molecular flexibility index (Phi) is 6.17. The molecule has 1 saturated carbocycles. The third-order valence-corrected chi connectivity index (χ3v) is 4.05. The van der Waals surface area contributed by atoms with Gasteiger partial charge in [-0.3, -0.25) is 9.69 Å². The third kappa shape index (κ3) is 4.52. The lowest BCUT2D eigenvalue weighted by Gasteiger charge is -2.37. The van der Waals surface area contributed by atoms with E-state index in [-0.39, 0.29) is 12.5 Å². The minimum Gasteiger partial charge on any atom is -0.396 e. The molecule has 0 atom stereocenters. The molecule has 0 aliphatic heterocycles. The Balaban J connectivity index is 1.91. The molecule has 1 aliphatic carbocycles. The van der Waals surface area contributed by atoms with Crippen molar-refractivity contribution in [3.8, 4) is 0 Å². The molecule has 0 aromatic heterocycles. The van der Waals surface area contributed by atoms with Crippen molar-refractivity contribution >= 4 is 11.6 Å². The van der Waals surface area contributed by atoms with Gasteiger partial charge < -0.3 is 16.2 Å². The Labute approximate surface area is 126 Å². The molecule has 1 aromatic carbocycles. The molecule has 5 nitrogen and oxygen atoms in total. The average Bonchev–Trinajstić information content (AvgIpc) is 2.43. The minimum atomic E-state index is -0.0132. The molecule has 0 radical (unpaired) electrons. The molecule has 0 unspecified atom stereocenters. The van der Waals surface area contributed by atoms with Crippen LogP contribution in [0.5, 0.6) is 0 Å². The molecule has 0 saturated heterocycles. The molecule has 0 bridgehead atoms. The Hall–Kier alpha value is -1.43. The van der Waals surface area contributed by atoms with Crippen LogP contribution in [0.3, 0.4) is 0 Å². The summed E-state index contributed by atoms with van der Waals surface area (Å²) in [5.41, 5.74) is 7.42. The van der Waals surface area contributed by atoms with Gasteiger partial charge in [0.25, 0.3) is 0 Å². The van der Waals surface area contributed by atoms with Crippen LogP contribution in [0, 0.1) is 0 Å². The van der Waals surface area contributed by atoms with Crippen molar-refractivity contribution in [3.05, 3.63) is 29.8 Å². The normalized spacial score (nSPS) is 15.0. The molecular weight excluding hydrogens is 266 g/mol. The number of benzene rings is 1. The summed E-state index contributed by atoms with van der Waals surface area (Å²) in [6.07, 6.45) is 4.25.